The van der Waals surface area contributed by atoms with E-state index in [1.165, 1.54) is 5.69 Å². The summed E-state index contributed by atoms with van der Waals surface area (Å²) >= 11 is 12.0. The van der Waals surface area contributed by atoms with E-state index in [0.29, 0.717) is 11.6 Å². The van der Waals surface area contributed by atoms with E-state index in [4.69, 9.17) is 23.2 Å². The zero-order chi connectivity index (χ0) is 15.1. The molecule has 0 aromatic carbocycles. The van der Waals surface area contributed by atoms with Crippen LogP contribution in [-0.4, -0.2) is 26.9 Å². The van der Waals surface area contributed by atoms with Gasteiger partial charge in [-0.2, -0.15) is 0 Å². The van der Waals surface area contributed by atoms with Crippen LogP contribution in [0.5, 0.6) is 0 Å². The average molecular weight is 324 g/mol. The fraction of sp³-hybridized carbons (Fsp3) is 0.333. The molecule has 4 nitrogen and oxygen atoms in total. The van der Waals surface area contributed by atoms with Crippen LogP contribution in [0.15, 0.2) is 24.3 Å². The van der Waals surface area contributed by atoms with Crippen LogP contribution < -0.4 is 0 Å². The molecule has 1 aliphatic heterocycles. The van der Waals surface area contributed by atoms with Crippen LogP contribution in [-0.2, 0) is 6.54 Å². The molecule has 3 heterocycles. The first-order valence-corrected chi connectivity index (χ1v) is 7.53. The molecule has 2 aromatic rings. The molecule has 1 atom stereocenters. The van der Waals surface area contributed by atoms with E-state index in [-0.39, 0.29) is 22.8 Å². The number of rotatable bonds is 1. The largest absolute Gasteiger partial charge is 0.345 e. The van der Waals surface area contributed by atoms with Gasteiger partial charge in [0.15, 0.2) is 0 Å². The summed E-state index contributed by atoms with van der Waals surface area (Å²) < 4.78 is 2.24. The molecule has 0 saturated carbocycles. The van der Waals surface area contributed by atoms with E-state index in [9.17, 15) is 4.79 Å². The zero-order valence-corrected chi connectivity index (χ0v) is 13.3. The Hall–Kier alpha value is -1.52. The van der Waals surface area contributed by atoms with Crippen LogP contribution >= 0.6 is 23.2 Å². The van der Waals surface area contributed by atoms with Gasteiger partial charge in [0.25, 0.3) is 5.91 Å². The molecular formula is C15H15Cl2N3O. The Labute approximate surface area is 133 Å². The Morgan fingerprint density at radius 2 is 2.00 bits per heavy atom. The summed E-state index contributed by atoms with van der Waals surface area (Å²) in [5.41, 5.74) is 2.56. The normalized spacial score (nSPS) is 17.7. The van der Waals surface area contributed by atoms with E-state index >= 15 is 0 Å². The fourth-order valence-corrected chi connectivity index (χ4v) is 3.14. The summed E-state index contributed by atoms with van der Waals surface area (Å²) in [6, 6.07) is 7.30. The van der Waals surface area contributed by atoms with E-state index in [1.54, 1.807) is 17.0 Å². The molecule has 0 N–H and O–H groups in total. The maximum Gasteiger partial charge on any atom is 0.274 e. The fourth-order valence-electron chi connectivity index (χ4n) is 2.80. The lowest BCUT2D eigenvalue weighted by molar-refractivity contribution is 0.0637. The molecule has 1 amide bonds. The molecule has 1 aliphatic rings. The second-order valence-corrected chi connectivity index (χ2v) is 5.98. The summed E-state index contributed by atoms with van der Waals surface area (Å²) in [6.07, 6.45) is 0. The number of fused-ring (bicyclic) bond motifs is 1. The minimum Gasteiger partial charge on any atom is -0.345 e. The lowest BCUT2D eigenvalue weighted by atomic mass is 10.1. The Bertz CT molecular complexity index is 711. The summed E-state index contributed by atoms with van der Waals surface area (Å²) in [4.78, 5) is 18.6. The molecule has 110 valence electrons. The first-order valence-electron chi connectivity index (χ1n) is 6.78. The Kier molecular flexibility index (Phi) is 3.68. The van der Waals surface area contributed by atoms with E-state index < -0.39 is 0 Å². The Morgan fingerprint density at radius 3 is 2.76 bits per heavy atom. The lowest BCUT2D eigenvalue weighted by Crippen LogP contribution is -2.41. The molecular weight excluding hydrogens is 309 g/mol. The van der Waals surface area contributed by atoms with Crippen LogP contribution in [0.25, 0.3) is 0 Å². The molecule has 0 aliphatic carbocycles. The highest BCUT2D eigenvalue weighted by atomic mass is 35.5. The van der Waals surface area contributed by atoms with Crippen molar-refractivity contribution < 1.29 is 4.79 Å². The molecule has 1 unspecified atom stereocenters. The minimum atomic E-state index is -0.180. The van der Waals surface area contributed by atoms with Gasteiger partial charge in [-0.3, -0.25) is 4.79 Å². The summed E-state index contributed by atoms with van der Waals surface area (Å²) in [7, 11) is 0. The number of hydrogen-bond acceptors (Lipinski definition) is 2. The predicted molar refractivity (Wildman–Crippen MR) is 82.9 cm³/mol. The van der Waals surface area contributed by atoms with Gasteiger partial charge in [0.2, 0.25) is 0 Å². The smallest absolute Gasteiger partial charge is 0.274 e. The summed E-state index contributed by atoms with van der Waals surface area (Å²) in [5.74, 6) is -0.180. The highest BCUT2D eigenvalue weighted by Crippen LogP contribution is 2.29. The van der Waals surface area contributed by atoms with Crippen LogP contribution in [0.2, 0.25) is 10.2 Å². The quantitative estimate of drug-likeness (QED) is 0.750. The third-order valence-corrected chi connectivity index (χ3v) is 4.48. The van der Waals surface area contributed by atoms with E-state index in [2.05, 4.69) is 28.6 Å². The predicted octanol–water partition coefficient (Wildman–Crippen LogP) is 3.72. The third kappa shape index (κ3) is 2.43. The molecule has 0 bridgehead atoms. The molecule has 0 spiro atoms. The lowest BCUT2D eigenvalue weighted by Gasteiger charge is -2.35. The maximum atomic E-state index is 12.7. The standard InChI is InChI=1S/C15H15Cl2N3O/c1-9-3-5-12-10(2)20(8-7-19(9)12)15(21)14-11(16)4-6-13(17)18-14/h3-6,10H,7-8H2,1-2H3. The molecule has 2 aromatic heterocycles. The van der Waals surface area contributed by atoms with Crippen molar-refractivity contribution in [1.29, 1.82) is 0 Å². The summed E-state index contributed by atoms with van der Waals surface area (Å²) in [6.45, 7) is 5.50. The van der Waals surface area contributed by atoms with E-state index in [0.717, 1.165) is 12.2 Å². The number of aryl methyl sites for hydroxylation is 1. The van der Waals surface area contributed by atoms with Gasteiger partial charge in [0.05, 0.1) is 11.1 Å². The van der Waals surface area contributed by atoms with Crippen molar-refractivity contribution in [3.8, 4) is 0 Å². The van der Waals surface area contributed by atoms with Gasteiger partial charge in [-0.05, 0) is 38.1 Å². The number of hydrogen-bond donors (Lipinski definition) is 0. The maximum absolute atomic E-state index is 12.7. The van der Waals surface area contributed by atoms with Gasteiger partial charge in [0.1, 0.15) is 10.8 Å². The third-order valence-electron chi connectivity index (χ3n) is 3.97. The summed E-state index contributed by atoms with van der Waals surface area (Å²) in [5, 5.41) is 0.598. The first-order chi connectivity index (χ1) is 9.99. The highest BCUT2D eigenvalue weighted by Gasteiger charge is 2.30. The first kappa shape index (κ1) is 14.4. The van der Waals surface area contributed by atoms with Crippen molar-refractivity contribution in [3.63, 3.8) is 0 Å². The minimum absolute atomic E-state index is 0.0169. The second-order valence-electron chi connectivity index (χ2n) is 5.19. The van der Waals surface area contributed by atoms with Crippen LogP contribution in [0.1, 0.15) is 34.8 Å². The van der Waals surface area contributed by atoms with Gasteiger partial charge in [-0.25, -0.2) is 4.98 Å². The van der Waals surface area contributed by atoms with Crippen LogP contribution in [0.3, 0.4) is 0 Å². The SMILES string of the molecule is Cc1ccc2n1CCN(C(=O)c1nc(Cl)ccc1Cl)C2C. The Morgan fingerprint density at radius 1 is 1.24 bits per heavy atom. The number of nitrogens with zero attached hydrogens (tertiary/aromatic N) is 3. The van der Waals surface area contributed by atoms with Crippen molar-refractivity contribution in [2.75, 3.05) is 6.54 Å². The highest BCUT2D eigenvalue weighted by molar-refractivity contribution is 6.34. The van der Waals surface area contributed by atoms with Crippen molar-refractivity contribution in [1.82, 2.24) is 14.5 Å². The molecule has 0 radical (unpaired) electrons. The average Bonchev–Trinajstić information content (AvgIpc) is 2.84. The second kappa shape index (κ2) is 5.35. The number of carbonyl (C=O) groups excluding carboxylic acids is 1. The Balaban J connectivity index is 1.95. The monoisotopic (exact) mass is 323 g/mol. The zero-order valence-electron chi connectivity index (χ0n) is 11.8. The van der Waals surface area contributed by atoms with Gasteiger partial charge in [-0.1, -0.05) is 23.2 Å². The molecule has 6 heteroatoms. The topological polar surface area (TPSA) is 38.1 Å². The van der Waals surface area contributed by atoms with Gasteiger partial charge >= 0.3 is 0 Å². The molecule has 0 fully saturated rings. The number of carbonyl (C=O) groups is 1. The van der Waals surface area contributed by atoms with Gasteiger partial charge in [-0.15, -0.1) is 0 Å². The van der Waals surface area contributed by atoms with Crippen molar-refractivity contribution >= 4 is 29.1 Å². The van der Waals surface area contributed by atoms with Crippen molar-refractivity contribution in [3.05, 3.63) is 51.5 Å². The van der Waals surface area contributed by atoms with Crippen molar-refractivity contribution in [2.24, 2.45) is 0 Å². The molecule has 3 rings (SSSR count). The molecule has 21 heavy (non-hydrogen) atoms. The van der Waals surface area contributed by atoms with Crippen LogP contribution in [0, 0.1) is 6.92 Å². The van der Waals surface area contributed by atoms with Crippen LogP contribution in [0.4, 0.5) is 0 Å². The number of amides is 1. The number of pyridine rings is 1. The number of halogens is 2. The van der Waals surface area contributed by atoms with Gasteiger partial charge in [0, 0.05) is 24.5 Å². The molecule has 0 saturated heterocycles. The number of aromatic nitrogens is 2. The van der Waals surface area contributed by atoms with Gasteiger partial charge < -0.3 is 9.47 Å². The van der Waals surface area contributed by atoms with E-state index in [1.807, 2.05) is 6.92 Å². The van der Waals surface area contributed by atoms with Crippen molar-refractivity contribution in [2.45, 2.75) is 26.4 Å².